The number of imidazole rings is 1. The molecule has 2 aromatic heterocycles. The zero-order valence-corrected chi connectivity index (χ0v) is 10.3. The summed E-state index contributed by atoms with van der Waals surface area (Å²) in [5.74, 6) is 0. The molecule has 0 saturated carbocycles. The molecule has 7 nitrogen and oxygen atoms in total. The van der Waals surface area contributed by atoms with E-state index in [1.807, 2.05) is 4.98 Å². The fourth-order valence-electron chi connectivity index (χ4n) is 1.31. The third kappa shape index (κ3) is 2.82. The molecule has 0 aliphatic heterocycles. The number of hydrogen-bond donors (Lipinski definition) is 3. The molecule has 0 spiro atoms. The van der Waals surface area contributed by atoms with Gasteiger partial charge in [-0.15, -0.1) is 0 Å². The number of sulfonamides is 1. The molecule has 0 unspecified atom stereocenters. The number of anilines is 1. The van der Waals surface area contributed by atoms with Crippen LogP contribution in [-0.4, -0.2) is 23.4 Å². The van der Waals surface area contributed by atoms with E-state index < -0.39 is 33.0 Å². The SMILES string of the molecule is O=c1[nH]cc(C(F)(F)F)cc1NS(=O)(=O)c1cnc[nH]1. The zero-order chi connectivity index (χ0) is 15.0. The van der Waals surface area contributed by atoms with Crippen LogP contribution >= 0.6 is 0 Å². The Morgan fingerprint density at radius 3 is 2.50 bits per heavy atom. The maximum atomic E-state index is 12.5. The smallest absolute Gasteiger partial charge is 0.334 e. The first-order chi connectivity index (χ1) is 9.20. The molecular weight excluding hydrogens is 301 g/mol. The van der Waals surface area contributed by atoms with Gasteiger partial charge in [-0.3, -0.25) is 9.52 Å². The van der Waals surface area contributed by atoms with E-state index in [9.17, 15) is 26.4 Å². The topological polar surface area (TPSA) is 108 Å². The molecule has 0 amide bonds. The van der Waals surface area contributed by atoms with Gasteiger partial charge in [-0.05, 0) is 6.07 Å². The molecular formula is C9H7F3N4O3S. The number of hydrogen-bond acceptors (Lipinski definition) is 4. The largest absolute Gasteiger partial charge is 0.417 e. The van der Waals surface area contributed by atoms with Gasteiger partial charge in [0.05, 0.1) is 18.1 Å². The Kier molecular flexibility index (Phi) is 3.29. The first kappa shape index (κ1) is 14.1. The lowest BCUT2D eigenvalue weighted by Crippen LogP contribution is -2.22. The Balaban J connectivity index is 2.42. The molecule has 0 aliphatic rings. The number of aromatic amines is 2. The van der Waals surface area contributed by atoms with Crippen LogP contribution in [0.1, 0.15) is 5.56 Å². The summed E-state index contributed by atoms with van der Waals surface area (Å²) in [6, 6.07) is 0.409. The van der Waals surface area contributed by atoms with Crippen LogP contribution in [0.2, 0.25) is 0 Å². The third-order valence-electron chi connectivity index (χ3n) is 2.24. The summed E-state index contributed by atoms with van der Waals surface area (Å²) in [6.45, 7) is 0. The molecule has 0 aliphatic carbocycles. The van der Waals surface area contributed by atoms with Crippen LogP contribution in [-0.2, 0) is 16.2 Å². The molecule has 20 heavy (non-hydrogen) atoms. The summed E-state index contributed by atoms with van der Waals surface area (Å²) in [4.78, 5) is 18.9. The van der Waals surface area contributed by atoms with Gasteiger partial charge in [-0.1, -0.05) is 0 Å². The normalized spacial score (nSPS) is 12.3. The van der Waals surface area contributed by atoms with Crippen molar-refractivity contribution >= 4 is 15.7 Å². The molecule has 0 aromatic carbocycles. The zero-order valence-electron chi connectivity index (χ0n) is 9.52. The highest BCUT2D eigenvalue weighted by Gasteiger charge is 2.32. The van der Waals surface area contributed by atoms with Gasteiger partial charge in [-0.25, -0.2) is 4.98 Å². The van der Waals surface area contributed by atoms with E-state index in [2.05, 4.69) is 9.97 Å². The highest BCUT2D eigenvalue weighted by atomic mass is 32.2. The van der Waals surface area contributed by atoms with Crippen molar-refractivity contribution in [3.05, 3.63) is 40.7 Å². The molecule has 3 N–H and O–H groups in total. The molecule has 0 saturated heterocycles. The second kappa shape index (κ2) is 4.67. The van der Waals surface area contributed by atoms with E-state index >= 15 is 0 Å². The predicted octanol–water partition coefficient (Wildman–Crippen LogP) is 0.918. The Morgan fingerprint density at radius 2 is 1.95 bits per heavy atom. The summed E-state index contributed by atoms with van der Waals surface area (Å²) in [5.41, 5.74) is -2.92. The van der Waals surface area contributed by atoms with E-state index in [0.29, 0.717) is 12.3 Å². The molecule has 11 heteroatoms. The molecule has 0 bridgehead atoms. The summed E-state index contributed by atoms with van der Waals surface area (Å²) < 4.78 is 62.7. The van der Waals surface area contributed by atoms with Crippen LogP contribution in [0, 0.1) is 0 Å². The molecule has 2 heterocycles. The third-order valence-corrected chi connectivity index (χ3v) is 3.53. The Hall–Kier alpha value is -2.30. The minimum absolute atomic E-state index is 0.380. The number of nitrogens with zero attached hydrogens (tertiary/aromatic N) is 1. The first-order valence-corrected chi connectivity index (χ1v) is 6.49. The predicted molar refractivity (Wildman–Crippen MR) is 61.5 cm³/mol. The lowest BCUT2D eigenvalue weighted by molar-refractivity contribution is -0.137. The van der Waals surface area contributed by atoms with Crippen molar-refractivity contribution in [3.8, 4) is 0 Å². The van der Waals surface area contributed by atoms with Crippen LogP contribution in [0.5, 0.6) is 0 Å². The Bertz CT molecular complexity index is 764. The fraction of sp³-hybridized carbons (Fsp3) is 0.111. The summed E-state index contributed by atoms with van der Waals surface area (Å²) >= 11 is 0. The van der Waals surface area contributed by atoms with Crippen LogP contribution in [0.4, 0.5) is 18.9 Å². The molecule has 108 valence electrons. The van der Waals surface area contributed by atoms with E-state index in [0.717, 1.165) is 12.5 Å². The monoisotopic (exact) mass is 308 g/mol. The number of pyridine rings is 1. The fourth-order valence-corrected chi connectivity index (χ4v) is 2.27. The number of halogens is 3. The molecule has 0 atom stereocenters. The average molecular weight is 308 g/mol. The number of alkyl halides is 3. The van der Waals surface area contributed by atoms with Gasteiger partial charge in [0, 0.05) is 6.20 Å². The maximum absolute atomic E-state index is 12.5. The Labute approximate surface area is 109 Å². The van der Waals surface area contributed by atoms with Crippen LogP contribution in [0.15, 0.2) is 34.6 Å². The summed E-state index contributed by atoms with van der Waals surface area (Å²) in [5, 5.41) is -0.380. The molecule has 0 radical (unpaired) electrons. The van der Waals surface area contributed by atoms with Crippen molar-refractivity contribution in [1.29, 1.82) is 0 Å². The molecule has 2 rings (SSSR count). The van der Waals surface area contributed by atoms with Crippen molar-refractivity contribution < 1.29 is 21.6 Å². The molecule has 2 aromatic rings. The molecule has 0 fully saturated rings. The van der Waals surface area contributed by atoms with Crippen LogP contribution < -0.4 is 10.3 Å². The van der Waals surface area contributed by atoms with Gasteiger partial charge < -0.3 is 9.97 Å². The minimum atomic E-state index is -4.71. The van der Waals surface area contributed by atoms with Gasteiger partial charge >= 0.3 is 6.18 Å². The van der Waals surface area contributed by atoms with Gasteiger partial charge in [-0.2, -0.15) is 21.6 Å². The first-order valence-electron chi connectivity index (χ1n) is 5.01. The maximum Gasteiger partial charge on any atom is 0.417 e. The van der Waals surface area contributed by atoms with E-state index in [1.165, 1.54) is 0 Å². The quantitative estimate of drug-likeness (QED) is 0.783. The average Bonchev–Trinajstić information content (AvgIpc) is 2.84. The van der Waals surface area contributed by atoms with Gasteiger partial charge in [0.2, 0.25) is 0 Å². The van der Waals surface area contributed by atoms with Crippen molar-refractivity contribution in [2.45, 2.75) is 11.2 Å². The van der Waals surface area contributed by atoms with Crippen LogP contribution in [0.25, 0.3) is 0 Å². The number of rotatable bonds is 3. The highest BCUT2D eigenvalue weighted by molar-refractivity contribution is 7.92. The van der Waals surface area contributed by atoms with Crippen molar-refractivity contribution in [2.75, 3.05) is 4.72 Å². The Morgan fingerprint density at radius 1 is 1.25 bits per heavy atom. The van der Waals surface area contributed by atoms with Crippen molar-refractivity contribution in [2.24, 2.45) is 0 Å². The van der Waals surface area contributed by atoms with E-state index in [4.69, 9.17) is 0 Å². The number of H-pyrrole nitrogens is 2. The lowest BCUT2D eigenvalue weighted by atomic mass is 10.2. The summed E-state index contributed by atoms with van der Waals surface area (Å²) in [7, 11) is -4.21. The van der Waals surface area contributed by atoms with E-state index in [1.54, 1.807) is 4.72 Å². The minimum Gasteiger partial charge on any atom is -0.334 e. The van der Waals surface area contributed by atoms with Crippen molar-refractivity contribution in [1.82, 2.24) is 15.0 Å². The van der Waals surface area contributed by atoms with E-state index in [-0.39, 0.29) is 5.03 Å². The second-order valence-corrected chi connectivity index (χ2v) is 5.30. The lowest BCUT2D eigenvalue weighted by Gasteiger charge is -2.09. The van der Waals surface area contributed by atoms with Crippen molar-refractivity contribution in [3.63, 3.8) is 0 Å². The van der Waals surface area contributed by atoms with Gasteiger partial charge in [0.25, 0.3) is 15.6 Å². The number of aromatic nitrogens is 3. The summed E-state index contributed by atoms with van der Waals surface area (Å²) in [6.07, 6.45) is -2.23. The van der Waals surface area contributed by atoms with Gasteiger partial charge in [0.1, 0.15) is 5.69 Å². The highest BCUT2D eigenvalue weighted by Crippen LogP contribution is 2.29. The second-order valence-electron chi connectivity index (χ2n) is 3.65. The van der Waals surface area contributed by atoms with Gasteiger partial charge in [0.15, 0.2) is 5.03 Å². The number of nitrogens with one attached hydrogen (secondary N) is 3. The standard InChI is InChI=1S/C9H7F3N4O3S/c10-9(11,12)5-1-6(8(17)14-2-5)16-20(18,19)7-3-13-4-15-7/h1-4,16H,(H,13,15)(H,14,17). The van der Waals surface area contributed by atoms with Crippen LogP contribution in [0.3, 0.4) is 0 Å².